The van der Waals surface area contributed by atoms with E-state index in [0.717, 1.165) is 40.3 Å². The molecule has 0 amide bonds. The second-order valence-electron chi connectivity index (χ2n) is 6.86. The summed E-state index contributed by atoms with van der Waals surface area (Å²) in [5, 5.41) is 18.0. The topological polar surface area (TPSA) is 85.1 Å². The highest BCUT2D eigenvalue weighted by molar-refractivity contribution is 7.19. The first-order chi connectivity index (χ1) is 13.2. The van der Waals surface area contributed by atoms with Gasteiger partial charge in [-0.15, -0.1) is 11.3 Å². The van der Waals surface area contributed by atoms with Gasteiger partial charge in [-0.05, 0) is 51.2 Å². The van der Waals surface area contributed by atoms with E-state index >= 15 is 0 Å². The van der Waals surface area contributed by atoms with Gasteiger partial charge in [0.05, 0.1) is 30.9 Å². The van der Waals surface area contributed by atoms with Crippen molar-refractivity contribution in [3.05, 3.63) is 27.9 Å². The number of aryl methyl sites for hydroxylation is 4. The monoisotopic (exact) mass is 387 g/mol. The molecule has 4 rings (SSSR count). The molecule has 0 unspecified atom stereocenters. The summed E-state index contributed by atoms with van der Waals surface area (Å²) in [5.74, 6) is 1.46. The minimum Gasteiger partial charge on any atom is -0.394 e. The zero-order chi connectivity index (χ0) is 18.8. The van der Waals surface area contributed by atoms with Crippen LogP contribution in [0.25, 0.3) is 16.2 Å². The Balaban J connectivity index is 1.74. The smallest absolute Gasteiger partial charge is 0.254 e. The Morgan fingerprint density at radius 1 is 1.22 bits per heavy atom. The van der Waals surface area contributed by atoms with Gasteiger partial charge in [0.15, 0.2) is 0 Å². The number of fused-ring (bicyclic) bond motifs is 3. The molecule has 0 saturated heterocycles. The highest BCUT2D eigenvalue weighted by Crippen LogP contribution is 2.39. The molecule has 144 valence electrons. The highest BCUT2D eigenvalue weighted by atomic mass is 32.1. The summed E-state index contributed by atoms with van der Waals surface area (Å²) in [6.07, 6.45) is 4.69. The minimum atomic E-state index is 0.0395. The quantitative estimate of drug-likeness (QED) is 0.607. The molecule has 0 spiro atoms. The molecule has 0 atom stereocenters. The predicted molar refractivity (Wildman–Crippen MR) is 107 cm³/mol. The van der Waals surface area contributed by atoms with Crippen molar-refractivity contribution >= 4 is 27.4 Å². The van der Waals surface area contributed by atoms with Gasteiger partial charge in [0, 0.05) is 17.1 Å². The number of thiophene rings is 1. The fourth-order valence-corrected chi connectivity index (χ4v) is 4.86. The van der Waals surface area contributed by atoms with Crippen molar-refractivity contribution < 1.29 is 9.84 Å². The number of aliphatic hydroxyl groups is 1. The van der Waals surface area contributed by atoms with E-state index in [9.17, 15) is 0 Å². The average Bonchev–Trinajstić information content (AvgIpc) is 3.20. The number of anilines is 1. The Morgan fingerprint density at radius 2 is 2.07 bits per heavy atom. The van der Waals surface area contributed by atoms with E-state index in [0.29, 0.717) is 25.7 Å². The third kappa shape index (κ3) is 3.69. The molecular weight excluding hydrogens is 362 g/mol. The zero-order valence-corrected chi connectivity index (χ0v) is 16.6. The Bertz CT molecular complexity index is 949. The molecule has 0 aromatic carbocycles. The van der Waals surface area contributed by atoms with E-state index in [-0.39, 0.29) is 6.61 Å². The molecule has 1 aliphatic carbocycles. The lowest BCUT2D eigenvalue weighted by atomic mass is 9.97. The maximum absolute atomic E-state index is 8.84. The third-order valence-corrected chi connectivity index (χ3v) is 5.96. The molecule has 7 nitrogen and oxygen atoms in total. The minimum absolute atomic E-state index is 0.0395. The SMILES string of the molecule is Cc1cc(C)n(-c2nc(NCCOCCO)c3c4c(sc3n2)CCCC4)n1. The summed E-state index contributed by atoms with van der Waals surface area (Å²) in [4.78, 5) is 12.1. The molecule has 1 aliphatic rings. The number of nitrogens with one attached hydrogen (secondary N) is 1. The number of ether oxygens (including phenoxy) is 1. The number of aliphatic hydroxyl groups excluding tert-OH is 1. The molecule has 3 aromatic heterocycles. The number of rotatable bonds is 7. The van der Waals surface area contributed by atoms with Crippen molar-refractivity contribution in [1.29, 1.82) is 0 Å². The Morgan fingerprint density at radius 3 is 2.85 bits per heavy atom. The van der Waals surface area contributed by atoms with Gasteiger partial charge in [-0.1, -0.05) is 0 Å². The first-order valence-electron chi connectivity index (χ1n) is 9.46. The van der Waals surface area contributed by atoms with Crippen LogP contribution in [0, 0.1) is 13.8 Å². The molecule has 3 aromatic rings. The molecule has 8 heteroatoms. The van der Waals surface area contributed by atoms with E-state index < -0.39 is 0 Å². The standard InChI is InChI=1S/C19H25N5O2S/c1-12-11-13(2)24(23-12)19-21-17(20-7-9-26-10-8-25)16-14-5-3-4-6-15(14)27-18(16)22-19/h11,25H,3-10H2,1-2H3,(H,20,21,22). The van der Waals surface area contributed by atoms with E-state index in [1.54, 1.807) is 16.0 Å². The van der Waals surface area contributed by atoms with Crippen LogP contribution in [-0.2, 0) is 17.6 Å². The van der Waals surface area contributed by atoms with Crippen molar-refractivity contribution in [3.8, 4) is 5.95 Å². The van der Waals surface area contributed by atoms with E-state index in [4.69, 9.17) is 19.8 Å². The molecule has 3 heterocycles. The number of nitrogens with zero attached hydrogens (tertiary/aromatic N) is 4. The number of hydrogen-bond acceptors (Lipinski definition) is 7. The zero-order valence-electron chi connectivity index (χ0n) is 15.8. The van der Waals surface area contributed by atoms with Gasteiger partial charge in [0.2, 0.25) is 0 Å². The van der Waals surface area contributed by atoms with Crippen molar-refractivity contribution in [2.24, 2.45) is 0 Å². The van der Waals surface area contributed by atoms with Crippen LogP contribution in [-0.4, -0.2) is 51.2 Å². The van der Waals surface area contributed by atoms with Gasteiger partial charge in [-0.3, -0.25) is 0 Å². The summed E-state index contributed by atoms with van der Waals surface area (Å²) >= 11 is 1.79. The van der Waals surface area contributed by atoms with Crippen molar-refractivity contribution in [2.45, 2.75) is 39.5 Å². The van der Waals surface area contributed by atoms with Gasteiger partial charge >= 0.3 is 0 Å². The second-order valence-corrected chi connectivity index (χ2v) is 7.95. The lowest BCUT2D eigenvalue weighted by Gasteiger charge is -2.13. The second kappa shape index (κ2) is 7.92. The van der Waals surface area contributed by atoms with Crippen LogP contribution >= 0.6 is 11.3 Å². The summed E-state index contributed by atoms with van der Waals surface area (Å²) < 4.78 is 7.18. The van der Waals surface area contributed by atoms with Crippen LogP contribution in [0.1, 0.15) is 34.7 Å². The number of hydrogen-bond donors (Lipinski definition) is 2. The molecule has 27 heavy (non-hydrogen) atoms. The molecule has 0 fully saturated rings. The van der Waals surface area contributed by atoms with Crippen LogP contribution in [0.15, 0.2) is 6.07 Å². The van der Waals surface area contributed by atoms with E-state index in [1.807, 2.05) is 19.9 Å². The lowest BCUT2D eigenvalue weighted by molar-refractivity contribution is 0.0992. The molecule has 0 aliphatic heterocycles. The van der Waals surface area contributed by atoms with Crippen LogP contribution in [0.5, 0.6) is 0 Å². The summed E-state index contributed by atoms with van der Waals surface area (Å²) in [6.45, 7) is 5.54. The fourth-order valence-electron chi connectivity index (χ4n) is 3.61. The van der Waals surface area contributed by atoms with Crippen LogP contribution < -0.4 is 5.32 Å². The van der Waals surface area contributed by atoms with Crippen molar-refractivity contribution in [3.63, 3.8) is 0 Å². The first kappa shape index (κ1) is 18.3. The van der Waals surface area contributed by atoms with Crippen molar-refractivity contribution in [2.75, 3.05) is 31.7 Å². The largest absolute Gasteiger partial charge is 0.394 e. The Kier molecular flexibility index (Phi) is 5.38. The lowest BCUT2D eigenvalue weighted by Crippen LogP contribution is -2.14. The van der Waals surface area contributed by atoms with E-state index in [2.05, 4.69) is 10.4 Å². The van der Waals surface area contributed by atoms with Crippen LogP contribution in [0.4, 0.5) is 5.82 Å². The Labute approximate surface area is 162 Å². The van der Waals surface area contributed by atoms with Gasteiger partial charge in [0.25, 0.3) is 5.95 Å². The first-order valence-corrected chi connectivity index (χ1v) is 10.3. The molecular formula is C19H25N5O2S. The Hall–Kier alpha value is -2.03. The van der Waals surface area contributed by atoms with Crippen LogP contribution in [0.3, 0.4) is 0 Å². The average molecular weight is 388 g/mol. The third-order valence-electron chi connectivity index (χ3n) is 4.78. The molecule has 0 bridgehead atoms. The molecule has 0 saturated carbocycles. The van der Waals surface area contributed by atoms with Gasteiger partial charge in [-0.25, -0.2) is 4.68 Å². The highest BCUT2D eigenvalue weighted by Gasteiger charge is 2.22. The molecule has 2 N–H and O–H groups in total. The van der Waals surface area contributed by atoms with Gasteiger partial charge < -0.3 is 15.2 Å². The normalized spacial score (nSPS) is 13.9. The summed E-state index contributed by atoms with van der Waals surface area (Å²) in [5.41, 5.74) is 3.37. The van der Waals surface area contributed by atoms with E-state index in [1.165, 1.54) is 23.3 Å². The summed E-state index contributed by atoms with van der Waals surface area (Å²) in [6, 6.07) is 2.03. The fraction of sp³-hybridized carbons (Fsp3) is 0.526. The molecule has 0 radical (unpaired) electrons. The summed E-state index contributed by atoms with van der Waals surface area (Å²) in [7, 11) is 0. The maximum Gasteiger partial charge on any atom is 0.254 e. The van der Waals surface area contributed by atoms with Gasteiger partial charge in [-0.2, -0.15) is 15.1 Å². The maximum atomic E-state index is 8.84. The van der Waals surface area contributed by atoms with Crippen molar-refractivity contribution in [1.82, 2.24) is 19.7 Å². The van der Waals surface area contributed by atoms with Gasteiger partial charge in [0.1, 0.15) is 10.6 Å². The number of aromatic nitrogens is 4. The van der Waals surface area contributed by atoms with Crippen LogP contribution in [0.2, 0.25) is 0 Å². The predicted octanol–water partition coefficient (Wildman–Crippen LogP) is 2.79.